The van der Waals surface area contributed by atoms with Gasteiger partial charge in [-0.15, -0.1) is 0 Å². The highest BCUT2D eigenvalue weighted by Gasteiger charge is 2.38. The summed E-state index contributed by atoms with van der Waals surface area (Å²) in [5, 5.41) is 25.2. The number of carbonyl (C=O) groups excluding carboxylic acids is 2. The van der Waals surface area contributed by atoms with Crippen LogP contribution in [0, 0.1) is 25.7 Å². The van der Waals surface area contributed by atoms with E-state index in [9.17, 15) is 29.4 Å². The summed E-state index contributed by atoms with van der Waals surface area (Å²) < 4.78 is 0. The lowest BCUT2D eigenvalue weighted by Gasteiger charge is -2.19. The van der Waals surface area contributed by atoms with Gasteiger partial charge in [-0.2, -0.15) is 0 Å². The van der Waals surface area contributed by atoms with E-state index in [-0.39, 0.29) is 48.6 Å². The predicted molar refractivity (Wildman–Crippen MR) is 163 cm³/mol. The third kappa shape index (κ3) is 6.73. The van der Waals surface area contributed by atoms with Gasteiger partial charge in [-0.3, -0.25) is 19.2 Å². The molecule has 0 aromatic carbocycles. The van der Waals surface area contributed by atoms with Crippen LogP contribution < -0.4 is 10.6 Å². The van der Waals surface area contributed by atoms with Crippen molar-refractivity contribution in [2.24, 2.45) is 11.8 Å². The van der Waals surface area contributed by atoms with E-state index in [1.807, 2.05) is 34.6 Å². The van der Waals surface area contributed by atoms with Gasteiger partial charge in [0.1, 0.15) is 0 Å². The van der Waals surface area contributed by atoms with E-state index in [2.05, 4.69) is 27.5 Å². The van der Waals surface area contributed by atoms with Gasteiger partial charge in [0.2, 0.25) is 11.8 Å². The quantitative estimate of drug-likeness (QED) is 0.193. The first-order valence-corrected chi connectivity index (χ1v) is 15.5. The zero-order chi connectivity index (χ0) is 31.6. The SMILES string of the molecule is CCC1=C(C)C(Cc2[nH]c(Cc3[nH]c(CC4NC(=O)[C@H](C)[C@H]4CC)c(C)c3CCC(=O)O)c(CCC(=O)O)c2C)NC1=O. The summed E-state index contributed by atoms with van der Waals surface area (Å²) in [6.45, 7) is 12.0. The van der Waals surface area contributed by atoms with E-state index < -0.39 is 11.9 Å². The van der Waals surface area contributed by atoms with Crippen LogP contribution in [0.3, 0.4) is 0 Å². The molecule has 2 unspecified atom stereocenters. The number of H-pyrrole nitrogens is 2. The molecule has 1 fully saturated rings. The molecule has 1 saturated heterocycles. The molecule has 4 heterocycles. The van der Waals surface area contributed by atoms with Crippen LogP contribution in [0.1, 0.15) is 98.4 Å². The summed E-state index contributed by atoms with van der Waals surface area (Å²) in [7, 11) is 0. The molecule has 10 nitrogen and oxygen atoms in total. The second-order valence-electron chi connectivity index (χ2n) is 12.3. The monoisotopic (exact) mass is 594 g/mol. The average Bonchev–Trinajstić information content (AvgIpc) is 3.59. The Labute approximate surface area is 253 Å². The van der Waals surface area contributed by atoms with Crippen molar-refractivity contribution in [2.45, 2.75) is 111 Å². The number of amides is 2. The van der Waals surface area contributed by atoms with E-state index in [4.69, 9.17) is 0 Å². The zero-order valence-corrected chi connectivity index (χ0v) is 26.2. The van der Waals surface area contributed by atoms with Gasteiger partial charge in [-0.25, -0.2) is 0 Å². The molecule has 2 aliphatic rings. The molecule has 0 radical (unpaired) electrons. The largest absolute Gasteiger partial charge is 0.481 e. The highest BCUT2D eigenvalue weighted by molar-refractivity contribution is 5.97. The molecule has 2 amide bonds. The third-order valence-corrected chi connectivity index (χ3v) is 9.81. The molecule has 4 atom stereocenters. The first-order valence-electron chi connectivity index (χ1n) is 15.5. The number of hydrogen-bond donors (Lipinski definition) is 6. The van der Waals surface area contributed by atoms with Crippen molar-refractivity contribution in [3.8, 4) is 0 Å². The number of aromatic amines is 2. The topological polar surface area (TPSA) is 164 Å². The molecule has 2 aromatic rings. The van der Waals surface area contributed by atoms with Crippen LogP contribution in [0.25, 0.3) is 0 Å². The summed E-state index contributed by atoms with van der Waals surface area (Å²) in [6, 6.07) is -0.123. The first-order chi connectivity index (χ1) is 20.4. The fourth-order valence-electron chi connectivity index (χ4n) is 7.16. The van der Waals surface area contributed by atoms with E-state index in [1.54, 1.807) is 0 Å². The molecular formula is C33H46N4O6. The van der Waals surface area contributed by atoms with Crippen molar-refractivity contribution in [2.75, 3.05) is 0 Å². The number of nitrogens with one attached hydrogen (secondary N) is 4. The van der Waals surface area contributed by atoms with Gasteiger partial charge in [0, 0.05) is 72.4 Å². The number of carboxylic acid groups (broad SMARTS) is 2. The van der Waals surface area contributed by atoms with Gasteiger partial charge in [0.25, 0.3) is 0 Å². The number of rotatable bonds is 14. The summed E-state index contributed by atoms with van der Waals surface area (Å²) >= 11 is 0. The lowest BCUT2D eigenvalue weighted by molar-refractivity contribution is -0.138. The molecule has 0 aliphatic carbocycles. The van der Waals surface area contributed by atoms with Crippen molar-refractivity contribution < 1.29 is 29.4 Å². The van der Waals surface area contributed by atoms with Crippen molar-refractivity contribution in [3.63, 3.8) is 0 Å². The van der Waals surface area contributed by atoms with E-state index in [0.717, 1.165) is 62.6 Å². The Hall–Kier alpha value is -3.82. The molecule has 0 saturated carbocycles. The minimum absolute atomic E-state index is 0.00131. The van der Waals surface area contributed by atoms with Crippen LogP contribution in [0.5, 0.6) is 0 Å². The molecule has 0 spiro atoms. The summed E-state index contributed by atoms with van der Waals surface area (Å²) in [6.07, 6.45) is 3.94. The Morgan fingerprint density at radius 3 is 1.79 bits per heavy atom. The molecule has 6 N–H and O–H groups in total. The maximum absolute atomic E-state index is 12.5. The highest BCUT2D eigenvalue weighted by Crippen LogP contribution is 2.32. The normalized spacial score (nSPS) is 21.9. The fraction of sp³-hybridized carbons (Fsp3) is 0.576. The lowest BCUT2D eigenvalue weighted by Crippen LogP contribution is -2.31. The molecule has 43 heavy (non-hydrogen) atoms. The zero-order valence-electron chi connectivity index (χ0n) is 26.2. The number of hydrogen-bond acceptors (Lipinski definition) is 4. The maximum Gasteiger partial charge on any atom is 0.303 e. The molecule has 10 heteroatoms. The van der Waals surface area contributed by atoms with Crippen molar-refractivity contribution in [1.82, 2.24) is 20.6 Å². The summed E-state index contributed by atoms with van der Waals surface area (Å²) in [5.74, 6) is -1.54. The average molecular weight is 595 g/mol. The van der Waals surface area contributed by atoms with E-state index >= 15 is 0 Å². The minimum Gasteiger partial charge on any atom is -0.481 e. The fourth-order valence-corrected chi connectivity index (χ4v) is 7.16. The third-order valence-electron chi connectivity index (χ3n) is 9.81. The predicted octanol–water partition coefficient (Wildman–Crippen LogP) is 4.06. The second kappa shape index (κ2) is 13.2. The van der Waals surface area contributed by atoms with Crippen LogP contribution in [0.2, 0.25) is 0 Å². The van der Waals surface area contributed by atoms with Gasteiger partial charge >= 0.3 is 11.9 Å². The van der Waals surface area contributed by atoms with Gasteiger partial charge in [0.05, 0.1) is 6.04 Å². The molecule has 4 rings (SSSR count). The van der Waals surface area contributed by atoms with Gasteiger partial charge < -0.3 is 30.8 Å². The minimum atomic E-state index is -0.874. The van der Waals surface area contributed by atoms with Crippen molar-refractivity contribution in [3.05, 3.63) is 56.2 Å². The number of carbonyl (C=O) groups is 4. The Kier molecular flexibility index (Phi) is 9.87. The van der Waals surface area contributed by atoms with Crippen LogP contribution in [-0.4, -0.2) is 56.0 Å². The molecule has 2 aromatic heterocycles. The van der Waals surface area contributed by atoms with Crippen LogP contribution in [-0.2, 0) is 51.3 Å². The van der Waals surface area contributed by atoms with E-state index in [1.165, 1.54) is 0 Å². The van der Waals surface area contributed by atoms with Crippen molar-refractivity contribution in [1.29, 1.82) is 0 Å². The van der Waals surface area contributed by atoms with Crippen LogP contribution in [0.15, 0.2) is 11.1 Å². The van der Waals surface area contributed by atoms with Crippen LogP contribution in [0.4, 0.5) is 0 Å². The standard InChI is InChI=1S/C33H46N4O6/c1-7-20-19(6)32(42)37-27(20)14-25-18(5)23(10-12-31(40)41)29(35-25)15-28-22(9-11-30(38)39)17(4)24(34-28)13-26-16(3)21(8-2)33(43)36-26/h19-20,26-27,34-35H,7-15H2,1-6H3,(H,36,43)(H,37,42)(H,38,39)(H,40,41)/t19-,20-,26?,27?/m1/s1. The number of carboxylic acids is 2. The summed E-state index contributed by atoms with van der Waals surface area (Å²) in [4.78, 5) is 55.2. The Balaban J connectivity index is 1.69. The highest BCUT2D eigenvalue weighted by atomic mass is 16.4. The lowest BCUT2D eigenvalue weighted by atomic mass is 9.87. The molecular weight excluding hydrogens is 548 g/mol. The Morgan fingerprint density at radius 2 is 1.33 bits per heavy atom. The van der Waals surface area contributed by atoms with Gasteiger partial charge in [0.15, 0.2) is 0 Å². The molecule has 234 valence electrons. The smallest absolute Gasteiger partial charge is 0.303 e. The Bertz CT molecular complexity index is 1450. The Morgan fingerprint density at radius 1 is 0.791 bits per heavy atom. The van der Waals surface area contributed by atoms with E-state index in [0.29, 0.717) is 38.5 Å². The van der Waals surface area contributed by atoms with Crippen LogP contribution >= 0.6 is 0 Å². The van der Waals surface area contributed by atoms with Gasteiger partial charge in [-0.1, -0.05) is 27.2 Å². The number of aromatic nitrogens is 2. The second-order valence-corrected chi connectivity index (χ2v) is 12.3. The van der Waals surface area contributed by atoms with Crippen molar-refractivity contribution >= 4 is 23.8 Å². The summed E-state index contributed by atoms with van der Waals surface area (Å²) in [5.41, 5.74) is 9.51. The number of aliphatic carboxylic acids is 2. The first kappa shape index (κ1) is 32.1. The molecule has 0 bridgehead atoms. The molecule has 2 aliphatic heterocycles. The maximum atomic E-state index is 12.5. The van der Waals surface area contributed by atoms with Gasteiger partial charge in [-0.05, 0) is 73.8 Å².